The normalized spacial score (nSPS) is 19.2. The minimum atomic E-state index is -0.513. The molecule has 1 saturated heterocycles. The van der Waals surface area contributed by atoms with E-state index in [9.17, 15) is 9.90 Å². The van der Waals surface area contributed by atoms with Crippen molar-refractivity contribution in [3.8, 4) is 11.5 Å². The van der Waals surface area contributed by atoms with Gasteiger partial charge in [0.05, 0.1) is 25.3 Å². The van der Waals surface area contributed by atoms with Crippen molar-refractivity contribution in [2.75, 3.05) is 26.9 Å². The Morgan fingerprint density at radius 1 is 1.38 bits per heavy atom. The van der Waals surface area contributed by atoms with E-state index in [-0.39, 0.29) is 18.3 Å². The number of fused-ring (bicyclic) bond motifs is 3. The quantitative estimate of drug-likeness (QED) is 0.830. The molecule has 1 N–H and O–H groups in total. The number of carbonyl (C=O) groups excluding carboxylic acids is 1. The second-order valence-corrected chi connectivity index (χ2v) is 5.72. The van der Waals surface area contributed by atoms with Gasteiger partial charge in [-0.3, -0.25) is 0 Å². The first-order chi connectivity index (χ1) is 11.7. The molecule has 0 amide bonds. The Kier molecular flexibility index (Phi) is 3.78. The molecule has 8 nitrogen and oxygen atoms in total. The maximum atomic E-state index is 12.1. The van der Waals surface area contributed by atoms with Crippen LogP contribution < -0.4 is 9.47 Å². The predicted molar refractivity (Wildman–Crippen MR) is 82.3 cm³/mol. The molecular weight excluding hydrogens is 316 g/mol. The summed E-state index contributed by atoms with van der Waals surface area (Å²) in [7, 11) is 1.31. The van der Waals surface area contributed by atoms with Crippen molar-refractivity contribution in [3.63, 3.8) is 0 Å². The van der Waals surface area contributed by atoms with Crippen molar-refractivity contribution in [2.24, 2.45) is 0 Å². The average Bonchev–Trinajstić information content (AvgIpc) is 2.94. The number of aliphatic hydroxyl groups excluding tert-OH is 1. The van der Waals surface area contributed by atoms with E-state index >= 15 is 0 Å². The van der Waals surface area contributed by atoms with Gasteiger partial charge in [-0.2, -0.15) is 0 Å². The van der Waals surface area contributed by atoms with Gasteiger partial charge in [0.25, 0.3) is 0 Å². The fourth-order valence-corrected chi connectivity index (χ4v) is 3.07. The molecule has 0 unspecified atom stereocenters. The fourth-order valence-electron chi connectivity index (χ4n) is 3.07. The Bertz CT molecular complexity index is 796. The molecule has 8 heteroatoms. The van der Waals surface area contributed by atoms with Crippen molar-refractivity contribution >= 4 is 17.0 Å². The highest BCUT2D eigenvalue weighted by molar-refractivity contribution is 6.00. The van der Waals surface area contributed by atoms with Crippen LogP contribution in [0.2, 0.25) is 0 Å². The van der Waals surface area contributed by atoms with Gasteiger partial charge >= 0.3 is 5.97 Å². The Labute approximate surface area is 137 Å². The highest BCUT2D eigenvalue weighted by atomic mass is 16.6. The van der Waals surface area contributed by atoms with E-state index in [1.807, 2.05) is 4.57 Å². The highest BCUT2D eigenvalue weighted by Crippen LogP contribution is 2.42. The molecule has 24 heavy (non-hydrogen) atoms. The molecular formula is C16H18N2O6. The lowest BCUT2D eigenvalue weighted by Gasteiger charge is -2.28. The van der Waals surface area contributed by atoms with Crippen LogP contribution in [0.4, 0.5) is 0 Å². The van der Waals surface area contributed by atoms with Crippen molar-refractivity contribution in [1.82, 2.24) is 9.55 Å². The van der Waals surface area contributed by atoms with Crippen molar-refractivity contribution in [1.29, 1.82) is 0 Å². The summed E-state index contributed by atoms with van der Waals surface area (Å²) in [6.07, 6.45) is 1.05. The monoisotopic (exact) mass is 334 g/mol. The predicted octanol–water partition coefficient (Wildman–Crippen LogP) is 0.875. The zero-order chi connectivity index (χ0) is 16.7. The fraction of sp³-hybridized carbons (Fsp3) is 0.500. The highest BCUT2D eigenvalue weighted by Gasteiger charge is 2.30. The summed E-state index contributed by atoms with van der Waals surface area (Å²) in [5, 5.41) is 9.66. The third kappa shape index (κ3) is 2.30. The summed E-state index contributed by atoms with van der Waals surface area (Å²) in [4.78, 5) is 16.5. The largest absolute Gasteiger partial charge is 0.485 e. The molecule has 128 valence electrons. The summed E-state index contributed by atoms with van der Waals surface area (Å²) >= 11 is 0. The summed E-state index contributed by atoms with van der Waals surface area (Å²) in [5.74, 6) is 0.811. The third-order valence-electron chi connectivity index (χ3n) is 4.32. The molecule has 0 bridgehead atoms. The van der Waals surface area contributed by atoms with E-state index in [0.717, 1.165) is 13.0 Å². The van der Waals surface area contributed by atoms with Crippen molar-refractivity contribution in [3.05, 3.63) is 17.5 Å². The Balaban J connectivity index is 1.93. The van der Waals surface area contributed by atoms with E-state index in [2.05, 4.69) is 4.98 Å². The molecule has 4 rings (SSSR count). The van der Waals surface area contributed by atoms with Gasteiger partial charge in [-0.1, -0.05) is 0 Å². The first-order valence-electron chi connectivity index (χ1n) is 7.85. The molecule has 1 aromatic carbocycles. The van der Waals surface area contributed by atoms with Crippen LogP contribution >= 0.6 is 0 Å². The lowest BCUT2D eigenvalue weighted by atomic mass is 10.1. The van der Waals surface area contributed by atoms with Crippen LogP contribution in [0.3, 0.4) is 0 Å². The molecule has 2 aliphatic heterocycles. The molecule has 0 spiro atoms. The van der Waals surface area contributed by atoms with Crippen molar-refractivity contribution < 1.29 is 28.8 Å². The SMILES string of the molecule is COC(=O)c1cc2nc(CO)n(C[C@@H]3CCO3)c2c2c1OCCO2. The van der Waals surface area contributed by atoms with Crippen LogP contribution in [-0.2, 0) is 22.6 Å². The molecule has 3 heterocycles. The standard InChI is InChI=1S/C16H18N2O6/c1-21-16(20)10-6-11-13(15-14(10)23-4-5-24-15)18(12(8-19)17-11)7-9-2-3-22-9/h6,9,19H,2-5,7-8H2,1H3/t9-/m0/s1. The minimum absolute atomic E-state index is 0.0909. The molecule has 0 radical (unpaired) electrons. The number of hydrogen-bond donors (Lipinski definition) is 1. The molecule has 1 aromatic heterocycles. The number of rotatable bonds is 4. The summed E-state index contributed by atoms with van der Waals surface area (Å²) < 4.78 is 23.7. The van der Waals surface area contributed by atoms with Gasteiger partial charge in [-0.25, -0.2) is 9.78 Å². The van der Waals surface area contributed by atoms with E-state index < -0.39 is 5.97 Å². The molecule has 1 fully saturated rings. The maximum absolute atomic E-state index is 12.1. The summed E-state index contributed by atoms with van der Waals surface area (Å²) in [6.45, 7) is 1.84. The number of aromatic nitrogens is 2. The number of nitrogens with zero attached hydrogens (tertiary/aromatic N) is 2. The zero-order valence-corrected chi connectivity index (χ0v) is 13.3. The lowest BCUT2D eigenvalue weighted by molar-refractivity contribution is -0.0593. The van der Waals surface area contributed by atoms with Gasteiger partial charge in [-0.15, -0.1) is 0 Å². The number of imidazole rings is 1. The zero-order valence-electron chi connectivity index (χ0n) is 13.3. The van der Waals surface area contributed by atoms with Gasteiger partial charge in [0, 0.05) is 6.61 Å². The number of ether oxygens (including phenoxy) is 4. The molecule has 2 aliphatic rings. The van der Waals surface area contributed by atoms with Crippen LogP contribution in [0.5, 0.6) is 11.5 Å². The number of carbonyl (C=O) groups is 1. The topological polar surface area (TPSA) is 92.0 Å². The Morgan fingerprint density at radius 3 is 2.75 bits per heavy atom. The number of hydrogen-bond acceptors (Lipinski definition) is 7. The number of esters is 1. The summed E-state index contributed by atoms with van der Waals surface area (Å²) in [6, 6.07) is 1.62. The van der Waals surface area contributed by atoms with E-state index in [4.69, 9.17) is 18.9 Å². The first-order valence-corrected chi connectivity index (χ1v) is 7.85. The van der Waals surface area contributed by atoms with E-state index in [0.29, 0.717) is 48.1 Å². The lowest BCUT2D eigenvalue weighted by Crippen LogP contribution is -2.32. The van der Waals surface area contributed by atoms with Crippen LogP contribution in [0, 0.1) is 0 Å². The number of benzene rings is 1. The van der Waals surface area contributed by atoms with Crippen LogP contribution in [0.15, 0.2) is 6.07 Å². The van der Waals surface area contributed by atoms with Gasteiger partial charge < -0.3 is 28.6 Å². The summed E-state index contributed by atoms with van der Waals surface area (Å²) in [5.41, 5.74) is 1.54. The minimum Gasteiger partial charge on any atom is -0.485 e. The van der Waals surface area contributed by atoms with Crippen LogP contribution in [-0.4, -0.2) is 53.7 Å². The molecule has 1 atom stereocenters. The van der Waals surface area contributed by atoms with Crippen molar-refractivity contribution in [2.45, 2.75) is 25.7 Å². The van der Waals surface area contributed by atoms with Crippen LogP contribution in [0.25, 0.3) is 11.0 Å². The first kappa shape index (κ1) is 15.2. The van der Waals surface area contributed by atoms with Gasteiger partial charge in [-0.05, 0) is 12.5 Å². The van der Waals surface area contributed by atoms with Gasteiger partial charge in [0.15, 0.2) is 11.5 Å². The Morgan fingerprint density at radius 2 is 2.12 bits per heavy atom. The van der Waals surface area contributed by atoms with Gasteiger partial charge in [0.1, 0.15) is 36.7 Å². The van der Waals surface area contributed by atoms with Crippen LogP contribution in [0.1, 0.15) is 22.6 Å². The maximum Gasteiger partial charge on any atom is 0.341 e. The third-order valence-corrected chi connectivity index (χ3v) is 4.32. The second-order valence-electron chi connectivity index (χ2n) is 5.72. The Hall–Kier alpha value is -2.32. The van der Waals surface area contributed by atoms with E-state index in [1.165, 1.54) is 7.11 Å². The molecule has 2 aromatic rings. The van der Waals surface area contributed by atoms with E-state index in [1.54, 1.807) is 6.07 Å². The van der Waals surface area contributed by atoms with Gasteiger partial charge in [0.2, 0.25) is 0 Å². The average molecular weight is 334 g/mol. The second kappa shape index (κ2) is 5.95. The molecule has 0 saturated carbocycles. The molecule has 0 aliphatic carbocycles. The smallest absolute Gasteiger partial charge is 0.341 e. The number of methoxy groups -OCH3 is 1. The number of aliphatic hydroxyl groups is 1.